The Labute approximate surface area is 107 Å². The summed E-state index contributed by atoms with van der Waals surface area (Å²) in [5.41, 5.74) is 6.56. The third-order valence-corrected chi connectivity index (χ3v) is 2.70. The zero-order chi connectivity index (χ0) is 13.5. The number of ether oxygens (including phenoxy) is 3. The van der Waals surface area contributed by atoms with E-state index >= 15 is 0 Å². The van der Waals surface area contributed by atoms with Crippen LogP contribution in [-0.4, -0.2) is 39.1 Å². The van der Waals surface area contributed by atoms with E-state index in [1.54, 1.807) is 39.5 Å². The fourth-order valence-electron chi connectivity index (χ4n) is 1.77. The molecule has 0 amide bonds. The maximum atomic E-state index is 10.1. The van der Waals surface area contributed by atoms with Crippen LogP contribution < -0.4 is 15.2 Å². The highest BCUT2D eigenvalue weighted by atomic mass is 16.5. The first-order valence-electron chi connectivity index (χ1n) is 5.76. The molecule has 102 valence electrons. The molecule has 3 N–H and O–H groups in total. The van der Waals surface area contributed by atoms with Crippen LogP contribution >= 0.6 is 0 Å². The van der Waals surface area contributed by atoms with E-state index in [1.165, 1.54) is 0 Å². The highest BCUT2D eigenvalue weighted by molar-refractivity contribution is 5.43. The predicted octanol–water partition coefficient (Wildman–Crippen LogP) is 1.10. The number of benzene rings is 1. The van der Waals surface area contributed by atoms with E-state index in [9.17, 15) is 5.11 Å². The average Bonchev–Trinajstić information content (AvgIpc) is 2.38. The maximum Gasteiger partial charge on any atom is 0.161 e. The summed E-state index contributed by atoms with van der Waals surface area (Å²) < 4.78 is 15.3. The van der Waals surface area contributed by atoms with Crippen LogP contribution in [0.25, 0.3) is 0 Å². The fourth-order valence-corrected chi connectivity index (χ4v) is 1.77. The molecule has 0 radical (unpaired) electrons. The van der Waals surface area contributed by atoms with Gasteiger partial charge in [0.25, 0.3) is 0 Å². The summed E-state index contributed by atoms with van der Waals surface area (Å²) in [6, 6.07) is 5.12. The zero-order valence-corrected chi connectivity index (χ0v) is 11.1. The molecule has 2 atom stereocenters. The lowest BCUT2D eigenvalue weighted by Gasteiger charge is -2.17. The van der Waals surface area contributed by atoms with Gasteiger partial charge in [-0.1, -0.05) is 6.07 Å². The van der Waals surface area contributed by atoms with Gasteiger partial charge in [0.1, 0.15) is 0 Å². The quantitative estimate of drug-likeness (QED) is 0.763. The van der Waals surface area contributed by atoms with Crippen LogP contribution in [0.3, 0.4) is 0 Å². The van der Waals surface area contributed by atoms with Gasteiger partial charge in [0.05, 0.1) is 26.9 Å². The topological polar surface area (TPSA) is 73.9 Å². The van der Waals surface area contributed by atoms with Crippen molar-refractivity contribution in [2.24, 2.45) is 5.73 Å². The van der Waals surface area contributed by atoms with E-state index in [-0.39, 0.29) is 6.04 Å². The lowest BCUT2D eigenvalue weighted by Crippen LogP contribution is -2.27. The van der Waals surface area contributed by atoms with Crippen molar-refractivity contribution in [1.29, 1.82) is 0 Å². The van der Waals surface area contributed by atoms with Gasteiger partial charge >= 0.3 is 0 Å². The molecule has 0 bridgehead atoms. The van der Waals surface area contributed by atoms with Crippen molar-refractivity contribution in [3.63, 3.8) is 0 Å². The Balaban J connectivity index is 2.76. The Hall–Kier alpha value is -1.30. The molecule has 0 saturated heterocycles. The van der Waals surface area contributed by atoms with Gasteiger partial charge in [-0.2, -0.15) is 0 Å². The summed E-state index contributed by atoms with van der Waals surface area (Å²) >= 11 is 0. The summed E-state index contributed by atoms with van der Waals surface area (Å²) in [5, 5.41) is 10.1. The van der Waals surface area contributed by atoms with E-state index in [2.05, 4.69) is 0 Å². The summed E-state index contributed by atoms with van der Waals surface area (Å²) in [5.74, 6) is 1.23. The Kier molecular flexibility index (Phi) is 5.91. The van der Waals surface area contributed by atoms with Gasteiger partial charge in [-0.05, 0) is 24.1 Å². The smallest absolute Gasteiger partial charge is 0.161 e. The van der Waals surface area contributed by atoms with Crippen molar-refractivity contribution in [1.82, 2.24) is 0 Å². The van der Waals surface area contributed by atoms with Crippen molar-refractivity contribution >= 4 is 0 Å². The molecule has 5 heteroatoms. The van der Waals surface area contributed by atoms with E-state index in [0.29, 0.717) is 24.5 Å². The third kappa shape index (κ3) is 3.87. The first kappa shape index (κ1) is 14.8. The molecule has 18 heavy (non-hydrogen) atoms. The van der Waals surface area contributed by atoms with E-state index in [4.69, 9.17) is 19.9 Å². The van der Waals surface area contributed by atoms with E-state index < -0.39 is 6.10 Å². The van der Waals surface area contributed by atoms with Crippen LogP contribution in [0.15, 0.2) is 18.2 Å². The number of rotatable bonds is 7. The fraction of sp³-hybridized carbons (Fsp3) is 0.538. The van der Waals surface area contributed by atoms with Crippen LogP contribution in [0, 0.1) is 0 Å². The molecule has 5 nitrogen and oxygen atoms in total. The molecule has 0 spiro atoms. The zero-order valence-electron chi connectivity index (χ0n) is 11.1. The number of aliphatic hydroxyl groups excluding tert-OH is 1. The first-order chi connectivity index (χ1) is 8.62. The molecule has 0 fully saturated rings. The molecule has 1 aromatic carbocycles. The SMILES string of the molecule is COCC(N)CC(O)c1ccc(OC)c(OC)c1. The number of methoxy groups -OCH3 is 3. The highest BCUT2D eigenvalue weighted by Gasteiger charge is 2.15. The third-order valence-electron chi connectivity index (χ3n) is 2.70. The van der Waals surface area contributed by atoms with Crippen LogP contribution in [0.1, 0.15) is 18.1 Å². The van der Waals surface area contributed by atoms with Gasteiger partial charge < -0.3 is 25.1 Å². The molecule has 0 heterocycles. The molecule has 0 aliphatic rings. The van der Waals surface area contributed by atoms with Crippen LogP contribution in [0.2, 0.25) is 0 Å². The molecule has 1 rings (SSSR count). The van der Waals surface area contributed by atoms with Crippen molar-refractivity contribution in [2.75, 3.05) is 27.9 Å². The lowest BCUT2D eigenvalue weighted by atomic mass is 10.0. The number of hydrogen-bond donors (Lipinski definition) is 2. The lowest BCUT2D eigenvalue weighted by molar-refractivity contribution is 0.122. The summed E-state index contributed by atoms with van der Waals surface area (Å²) in [6.45, 7) is 0.421. The standard InChI is InChI=1S/C13H21NO4/c1-16-8-10(14)7-11(15)9-4-5-12(17-2)13(6-9)18-3/h4-6,10-11,15H,7-8,14H2,1-3H3. The summed E-state index contributed by atoms with van der Waals surface area (Å²) in [6.07, 6.45) is -0.210. The Morgan fingerprint density at radius 2 is 1.83 bits per heavy atom. The largest absolute Gasteiger partial charge is 0.493 e. The van der Waals surface area contributed by atoms with Gasteiger partial charge in [-0.3, -0.25) is 0 Å². The molecule has 0 saturated carbocycles. The second-order valence-corrected chi connectivity index (χ2v) is 4.08. The summed E-state index contributed by atoms with van der Waals surface area (Å²) in [4.78, 5) is 0. The molecule has 0 aliphatic carbocycles. The molecule has 1 aromatic rings. The molecule has 0 aliphatic heterocycles. The second-order valence-electron chi connectivity index (χ2n) is 4.08. The average molecular weight is 255 g/mol. The minimum absolute atomic E-state index is 0.196. The Morgan fingerprint density at radius 3 is 2.39 bits per heavy atom. The maximum absolute atomic E-state index is 10.1. The minimum Gasteiger partial charge on any atom is -0.493 e. The Bertz CT molecular complexity index is 370. The van der Waals surface area contributed by atoms with Gasteiger partial charge in [-0.15, -0.1) is 0 Å². The van der Waals surface area contributed by atoms with Gasteiger partial charge in [-0.25, -0.2) is 0 Å². The predicted molar refractivity (Wildman–Crippen MR) is 69.0 cm³/mol. The molecular formula is C13H21NO4. The van der Waals surface area contributed by atoms with E-state index in [1.807, 2.05) is 0 Å². The normalized spacial score (nSPS) is 14.1. The van der Waals surface area contributed by atoms with Gasteiger partial charge in [0, 0.05) is 13.2 Å². The van der Waals surface area contributed by atoms with Crippen molar-refractivity contribution in [3.05, 3.63) is 23.8 Å². The van der Waals surface area contributed by atoms with E-state index in [0.717, 1.165) is 5.56 Å². The summed E-state index contributed by atoms with van der Waals surface area (Å²) in [7, 11) is 4.72. The second kappa shape index (κ2) is 7.20. The number of nitrogens with two attached hydrogens (primary N) is 1. The van der Waals surface area contributed by atoms with Crippen LogP contribution in [0.5, 0.6) is 11.5 Å². The van der Waals surface area contributed by atoms with Crippen molar-refractivity contribution < 1.29 is 19.3 Å². The van der Waals surface area contributed by atoms with Crippen molar-refractivity contribution in [2.45, 2.75) is 18.6 Å². The minimum atomic E-state index is -0.644. The van der Waals surface area contributed by atoms with Crippen molar-refractivity contribution in [3.8, 4) is 11.5 Å². The van der Waals surface area contributed by atoms with Gasteiger partial charge in [0.2, 0.25) is 0 Å². The number of hydrogen-bond acceptors (Lipinski definition) is 5. The van der Waals surface area contributed by atoms with Crippen LogP contribution in [0.4, 0.5) is 0 Å². The molecular weight excluding hydrogens is 234 g/mol. The first-order valence-corrected chi connectivity index (χ1v) is 5.76. The van der Waals surface area contributed by atoms with Crippen LogP contribution in [-0.2, 0) is 4.74 Å². The Morgan fingerprint density at radius 1 is 1.17 bits per heavy atom. The highest BCUT2D eigenvalue weighted by Crippen LogP contribution is 2.31. The molecule has 2 unspecified atom stereocenters. The molecule has 0 aromatic heterocycles. The monoisotopic (exact) mass is 255 g/mol. The van der Waals surface area contributed by atoms with Gasteiger partial charge in [0.15, 0.2) is 11.5 Å². The number of aliphatic hydroxyl groups is 1.